The number of benzene rings is 1. The second kappa shape index (κ2) is 4.25. The van der Waals surface area contributed by atoms with Crippen molar-refractivity contribution in [2.24, 2.45) is 0 Å². The normalized spacial score (nSPS) is 10.4. The zero-order valence-corrected chi connectivity index (χ0v) is 9.43. The van der Waals surface area contributed by atoms with Crippen LogP contribution in [-0.4, -0.2) is 25.0 Å². The molecule has 0 saturated carbocycles. The molecule has 0 aliphatic carbocycles. The molecular formula is C12H10N6. The Balaban J connectivity index is 2.10. The number of nitrogens with two attached hydrogens (primary N) is 1. The zero-order valence-electron chi connectivity index (χ0n) is 9.43. The fourth-order valence-corrected chi connectivity index (χ4v) is 1.64. The predicted octanol–water partition coefficient (Wildman–Crippen LogP) is 1.31. The van der Waals surface area contributed by atoms with Crippen molar-refractivity contribution in [3.8, 4) is 17.1 Å². The minimum Gasteiger partial charge on any atom is -0.382 e. The summed E-state index contributed by atoms with van der Waals surface area (Å²) in [6.07, 6.45) is 4.76. The Morgan fingerprint density at radius 1 is 0.944 bits per heavy atom. The van der Waals surface area contributed by atoms with Gasteiger partial charge in [-0.2, -0.15) is 0 Å². The summed E-state index contributed by atoms with van der Waals surface area (Å²) in [6, 6.07) is 9.72. The van der Waals surface area contributed by atoms with Crippen molar-refractivity contribution in [3.05, 3.63) is 48.9 Å². The first kappa shape index (κ1) is 10.4. The Labute approximate surface area is 103 Å². The number of rotatable bonds is 2. The summed E-state index contributed by atoms with van der Waals surface area (Å²) in [6.45, 7) is 0. The van der Waals surface area contributed by atoms with E-state index in [1.165, 1.54) is 6.20 Å². The summed E-state index contributed by atoms with van der Waals surface area (Å²) in [5, 5.41) is 7.96. The van der Waals surface area contributed by atoms with Crippen molar-refractivity contribution in [2.45, 2.75) is 0 Å². The highest BCUT2D eigenvalue weighted by atomic mass is 15.4. The molecule has 2 heterocycles. The zero-order chi connectivity index (χ0) is 12.4. The van der Waals surface area contributed by atoms with E-state index in [4.69, 9.17) is 5.73 Å². The fourth-order valence-electron chi connectivity index (χ4n) is 1.64. The topological polar surface area (TPSA) is 82.5 Å². The molecule has 6 nitrogen and oxygen atoms in total. The minimum absolute atomic E-state index is 0.387. The van der Waals surface area contributed by atoms with E-state index in [2.05, 4.69) is 20.3 Å². The Morgan fingerprint density at radius 2 is 1.78 bits per heavy atom. The third-order valence-corrected chi connectivity index (χ3v) is 2.48. The lowest BCUT2D eigenvalue weighted by Crippen LogP contribution is -2.01. The quantitative estimate of drug-likeness (QED) is 0.727. The summed E-state index contributed by atoms with van der Waals surface area (Å²) in [4.78, 5) is 8.23. The van der Waals surface area contributed by atoms with E-state index in [0.717, 1.165) is 11.4 Å². The van der Waals surface area contributed by atoms with E-state index < -0.39 is 0 Å². The van der Waals surface area contributed by atoms with Crippen molar-refractivity contribution >= 4 is 5.82 Å². The molecule has 0 aliphatic heterocycles. The first-order valence-corrected chi connectivity index (χ1v) is 5.38. The molecule has 88 valence electrons. The van der Waals surface area contributed by atoms with Crippen LogP contribution in [0.2, 0.25) is 0 Å². The van der Waals surface area contributed by atoms with Gasteiger partial charge in [-0.3, -0.25) is 0 Å². The molecule has 0 unspecified atom stereocenters. The Kier molecular flexibility index (Phi) is 2.45. The van der Waals surface area contributed by atoms with Gasteiger partial charge in [0.2, 0.25) is 0 Å². The maximum atomic E-state index is 5.52. The lowest BCUT2D eigenvalue weighted by molar-refractivity contribution is 0.806. The van der Waals surface area contributed by atoms with Crippen molar-refractivity contribution in [3.63, 3.8) is 0 Å². The molecule has 0 radical (unpaired) electrons. The van der Waals surface area contributed by atoms with Crippen molar-refractivity contribution in [1.29, 1.82) is 0 Å². The maximum absolute atomic E-state index is 5.52. The molecule has 2 aromatic heterocycles. The summed E-state index contributed by atoms with van der Waals surface area (Å²) in [7, 11) is 0. The number of anilines is 1. The third kappa shape index (κ3) is 1.80. The van der Waals surface area contributed by atoms with Crippen molar-refractivity contribution < 1.29 is 0 Å². The molecule has 3 rings (SSSR count). The lowest BCUT2D eigenvalue weighted by atomic mass is 10.3. The molecule has 6 heteroatoms. The molecule has 3 aromatic rings. The summed E-state index contributed by atoms with van der Waals surface area (Å²) in [5.41, 5.74) is 7.89. The van der Waals surface area contributed by atoms with Crippen LogP contribution in [0.25, 0.3) is 17.1 Å². The SMILES string of the molecule is Nc1cnc(-c2cnnn2-c2ccccc2)cn1. The van der Waals surface area contributed by atoms with Crippen LogP contribution < -0.4 is 5.73 Å². The van der Waals surface area contributed by atoms with Crippen molar-refractivity contribution in [2.75, 3.05) is 5.73 Å². The van der Waals surface area contributed by atoms with Gasteiger partial charge in [-0.05, 0) is 12.1 Å². The number of nitrogen functional groups attached to an aromatic ring is 1. The molecule has 18 heavy (non-hydrogen) atoms. The molecule has 0 saturated heterocycles. The Morgan fingerprint density at radius 3 is 2.50 bits per heavy atom. The second-order valence-corrected chi connectivity index (χ2v) is 3.69. The lowest BCUT2D eigenvalue weighted by Gasteiger charge is -2.04. The van der Waals surface area contributed by atoms with Crippen LogP contribution in [0.15, 0.2) is 48.9 Å². The van der Waals surface area contributed by atoms with Crippen molar-refractivity contribution in [1.82, 2.24) is 25.0 Å². The Hall–Kier alpha value is -2.76. The first-order valence-electron chi connectivity index (χ1n) is 5.38. The van der Waals surface area contributed by atoms with E-state index in [-0.39, 0.29) is 0 Å². The van der Waals surface area contributed by atoms with Gasteiger partial charge in [0.15, 0.2) is 0 Å². The van der Waals surface area contributed by atoms with Gasteiger partial charge in [0, 0.05) is 0 Å². The van der Waals surface area contributed by atoms with Crippen LogP contribution in [0.3, 0.4) is 0 Å². The minimum atomic E-state index is 0.387. The van der Waals surface area contributed by atoms with Crippen LogP contribution >= 0.6 is 0 Å². The van der Waals surface area contributed by atoms with Gasteiger partial charge < -0.3 is 5.73 Å². The number of hydrogen-bond donors (Lipinski definition) is 1. The van der Waals surface area contributed by atoms with Gasteiger partial charge in [-0.15, -0.1) is 5.10 Å². The number of aromatic nitrogens is 5. The number of nitrogens with zero attached hydrogens (tertiary/aromatic N) is 5. The summed E-state index contributed by atoms with van der Waals surface area (Å²) in [5.74, 6) is 0.387. The monoisotopic (exact) mass is 238 g/mol. The smallest absolute Gasteiger partial charge is 0.141 e. The standard InChI is InChI=1S/C12H10N6/c13-12-8-14-10(6-15-12)11-7-16-17-18(11)9-4-2-1-3-5-9/h1-8H,(H2,13,15). The molecule has 0 atom stereocenters. The second-order valence-electron chi connectivity index (χ2n) is 3.69. The molecule has 0 bridgehead atoms. The van der Waals surface area contributed by atoms with E-state index in [0.29, 0.717) is 11.5 Å². The van der Waals surface area contributed by atoms with Gasteiger partial charge in [0.05, 0.1) is 24.3 Å². The third-order valence-electron chi connectivity index (χ3n) is 2.48. The Bertz CT molecular complexity index is 644. The predicted molar refractivity (Wildman–Crippen MR) is 66.8 cm³/mol. The average Bonchev–Trinajstić information content (AvgIpc) is 2.90. The van der Waals surface area contributed by atoms with E-state index in [9.17, 15) is 0 Å². The van der Waals surface area contributed by atoms with E-state index >= 15 is 0 Å². The van der Waals surface area contributed by atoms with Gasteiger partial charge in [0.25, 0.3) is 0 Å². The molecular weight excluding hydrogens is 228 g/mol. The molecule has 1 aromatic carbocycles. The van der Waals surface area contributed by atoms with Crippen LogP contribution in [-0.2, 0) is 0 Å². The van der Waals surface area contributed by atoms with Crippen LogP contribution in [0.1, 0.15) is 0 Å². The van der Waals surface area contributed by atoms with Crippen LogP contribution in [0, 0.1) is 0 Å². The average molecular weight is 238 g/mol. The molecule has 0 amide bonds. The first-order chi connectivity index (χ1) is 8.84. The van der Waals surface area contributed by atoms with Crippen LogP contribution in [0.4, 0.5) is 5.82 Å². The highest BCUT2D eigenvalue weighted by Gasteiger charge is 2.09. The maximum Gasteiger partial charge on any atom is 0.141 e. The van der Waals surface area contributed by atoms with Gasteiger partial charge in [-0.1, -0.05) is 23.4 Å². The van der Waals surface area contributed by atoms with Crippen LogP contribution in [0.5, 0.6) is 0 Å². The molecule has 0 spiro atoms. The molecule has 0 aliphatic rings. The van der Waals surface area contributed by atoms with Gasteiger partial charge >= 0.3 is 0 Å². The summed E-state index contributed by atoms with van der Waals surface area (Å²) < 4.78 is 1.71. The largest absolute Gasteiger partial charge is 0.382 e. The number of para-hydroxylation sites is 1. The summed E-state index contributed by atoms with van der Waals surface area (Å²) >= 11 is 0. The van der Waals surface area contributed by atoms with E-state index in [1.54, 1.807) is 17.1 Å². The molecule has 2 N–H and O–H groups in total. The highest BCUT2D eigenvalue weighted by molar-refractivity contribution is 5.55. The van der Waals surface area contributed by atoms with Gasteiger partial charge in [0.1, 0.15) is 17.2 Å². The number of hydrogen-bond acceptors (Lipinski definition) is 5. The highest BCUT2D eigenvalue weighted by Crippen LogP contribution is 2.18. The van der Waals surface area contributed by atoms with E-state index in [1.807, 2.05) is 30.3 Å². The van der Waals surface area contributed by atoms with Gasteiger partial charge in [-0.25, -0.2) is 14.6 Å². The fraction of sp³-hybridized carbons (Fsp3) is 0. The molecule has 0 fully saturated rings.